The lowest BCUT2D eigenvalue weighted by atomic mass is 9.89. The summed E-state index contributed by atoms with van der Waals surface area (Å²) in [6.45, 7) is 5.21. The van der Waals surface area contributed by atoms with E-state index in [2.05, 4.69) is 17.3 Å². The van der Waals surface area contributed by atoms with Gasteiger partial charge in [0.1, 0.15) is 0 Å². The van der Waals surface area contributed by atoms with Crippen LogP contribution in [0.15, 0.2) is 30.3 Å². The van der Waals surface area contributed by atoms with Crippen molar-refractivity contribution in [3.8, 4) is 11.5 Å². The van der Waals surface area contributed by atoms with Crippen LogP contribution >= 0.6 is 0 Å². The van der Waals surface area contributed by atoms with Gasteiger partial charge in [0.15, 0.2) is 11.5 Å². The number of hydrogen-bond acceptors (Lipinski definition) is 6. The summed E-state index contributed by atoms with van der Waals surface area (Å²) in [5.41, 5.74) is 3.03. The monoisotopic (exact) mass is 478 g/mol. The Bertz CT molecular complexity index is 1100. The van der Waals surface area contributed by atoms with E-state index in [1.54, 1.807) is 18.2 Å². The molecule has 0 saturated carbocycles. The molecule has 0 aliphatic carbocycles. The number of nitrogens with one attached hydrogen (secondary N) is 1. The molecular weight excluding hydrogens is 444 g/mol. The second-order valence-corrected chi connectivity index (χ2v) is 9.84. The van der Waals surface area contributed by atoms with E-state index in [9.17, 15) is 9.59 Å². The molecule has 1 atom stereocenters. The Morgan fingerprint density at radius 3 is 2.63 bits per heavy atom. The highest BCUT2D eigenvalue weighted by molar-refractivity contribution is 5.96. The van der Waals surface area contributed by atoms with Crippen LogP contribution in [-0.2, 0) is 0 Å². The fourth-order valence-electron chi connectivity index (χ4n) is 5.44. The molecule has 8 nitrogen and oxygen atoms in total. The summed E-state index contributed by atoms with van der Waals surface area (Å²) in [6, 6.07) is 9.69. The lowest BCUT2D eigenvalue weighted by molar-refractivity contribution is 0.0710. The quantitative estimate of drug-likeness (QED) is 0.686. The molecule has 2 fully saturated rings. The standard InChI is InChI=1S/C27H34N4O4/c1-18-5-7-22(26(32)28-12-9-21-4-3-13-30(21)2)25(29-18)19-10-14-31(15-11-19)27(33)20-6-8-23-24(16-20)35-17-34-23/h5-8,16,19,21H,3-4,9-15,17H2,1-2H3,(H,28,32). The van der Waals surface area contributed by atoms with E-state index >= 15 is 0 Å². The SMILES string of the molecule is Cc1ccc(C(=O)NCCC2CCCN2C)c(C2CCN(C(=O)c3ccc4c(c3)OCO4)CC2)n1. The third-order valence-electron chi connectivity index (χ3n) is 7.53. The number of fused-ring (bicyclic) bond motifs is 1. The molecule has 0 spiro atoms. The molecule has 2 aromatic rings. The zero-order chi connectivity index (χ0) is 24.4. The maximum Gasteiger partial charge on any atom is 0.253 e. The summed E-state index contributed by atoms with van der Waals surface area (Å²) in [5, 5.41) is 3.12. The van der Waals surface area contributed by atoms with E-state index in [1.165, 1.54) is 12.8 Å². The Morgan fingerprint density at radius 2 is 1.86 bits per heavy atom. The number of carbonyl (C=O) groups excluding carboxylic acids is 2. The number of nitrogens with zero attached hydrogens (tertiary/aromatic N) is 3. The Kier molecular flexibility index (Phi) is 6.90. The van der Waals surface area contributed by atoms with Crippen molar-refractivity contribution >= 4 is 11.8 Å². The molecule has 35 heavy (non-hydrogen) atoms. The molecule has 0 radical (unpaired) electrons. The summed E-state index contributed by atoms with van der Waals surface area (Å²) < 4.78 is 10.8. The van der Waals surface area contributed by atoms with Crippen LogP contribution in [0.5, 0.6) is 11.5 Å². The van der Waals surface area contributed by atoms with Gasteiger partial charge in [-0.3, -0.25) is 14.6 Å². The first-order valence-electron chi connectivity index (χ1n) is 12.6. The second-order valence-electron chi connectivity index (χ2n) is 9.84. The summed E-state index contributed by atoms with van der Waals surface area (Å²) >= 11 is 0. The maximum absolute atomic E-state index is 13.1. The van der Waals surface area contributed by atoms with E-state index in [0.29, 0.717) is 48.3 Å². The normalized spacial score (nSPS) is 20.3. The second kappa shape index (κ2) is 10.2. The van der Waals surface area contributed by atoms with Crippen molar-refractivity contribution in [3.05, 3.63) is 52.8 Å². The van der Waals surface area contributed by atoms with E-state index in [-0.39, 0.29) is 24.5 Å². The van der Waals surface area contributed by atoms with Crippen LogP contribution in [-0.4, -0.2) is 72.7 Å². The molecule has 1 aromatic heterocycles. The molecule has 1 aromatic carbocycles. The van der Waals surface area contributed by atoms with E-state index in [0.717, 1.165) is 37.2 Å². The first-order valence-corrected chi connectivity index (χ1v) is 12.6. The van der Waals surface area contributed by atoms with Crippen molar-refractivity contribution in [1.29, 1.82) is 0 Å². The number of likely N-dealkylation sites (tertiary alicyclic amines) is 2. The molecule has 4 heterocycles. The van der Waals surface area contributed by atoms with Gasteiger partial charge in [0.05, 0.1) is 11.3 Å². The Labute approximate surface area is 206 Å². The van der Waals surface area contributed by atoms with Crippen LogP contribution in [0.2, 0.25) is 0 Å². The lowest BCUT2D eigenvalue weighted by Crippen LogP contribution is -2.38. The highest BCUT2D eigenvalue weighted by atomic mass is 16.7. The van der Waals surface area contributed by atoms with E-state index in [4.69, 9.17) is 14.5 Å². The first kappa shape index (κ1) is 23.6. The number of aryl methyl sites for hydroxylation is 1. The van der Waals surface area contributed by atoms with Crippen LogP contribution in [0.25, 0.3) is 0 Å². The third kappa shape index (κ3) is 5.12. The number of rotatable bonds is 6. The number of piperidine rings is 1. The zero-order valence-electron chi connectivity index (χ0n) is 20.6. The van der Waals surface area contributed by atoms with Gasteiger partial charge >= 0.3 is 0 Å². The molecule has 2 amide bonds. The van der Waals surface area contributed by atoms with Crippen LogP contribution in [0.1, 0.15) is 70.1 Å². The van der Waals surface area contributed by atoms with Crippen LogP contribution in [0.4, 0.5) is 0 Å². The maximum atomic E-state index is 13.1. The Balaban J connectivity index is 1.21. The van der Waals surface area contributed by atoms with Gasteiger partial charge in [0.25, 0.3) is 11.8 Å². The molecule has 5 rings (SSSR count). The Hall–Kier alpha value is -3.13. The summed E-state index contributed by atoms with van der Waals surface area (Å²) in [4.78, 5) is 35.2. The minimum atomic E-state index is -0.0491. The van der Waals surface area contributed by atoms with Crippen LogP contribution in [0.3, 0.4) is 0 Å². The summed E-state index contributed by atoms with van der Waals surface area (Å²) in [6.07, 6.45) is 4.96. The number of benzene rings is 1. The molecule has 0 bridgehead atoms. The summed E-state index contributed by atoms with van der Waals surface area (Å²) in [5.74, 6) is 1.38. The average Bonchev–Trinajstić information content (AvgIpc) is 3.51. The van der Waals surface area contributed by atoms with Crippen molar-refractivity contribution < 1.29 is 19.1 Å². The Morgan fingerprint density at radius 1 is 1.06 bits per heavy atom. The molecule has 3 aliphatic rings. The van der Waals surface area contributed by atoms with Crippen LogP contribution < -0.4 is 14.8 Å². The molecule has 1 unspecified atom stereocenters. The number of pyridine rings is 1. The van der Waals surface area contributed by atoms with Gasteiger partial charge in [-0.1, -0.05) is 0 Å². The van der Waals surface area contributed by atoms with E-state index < -0.39 is 0 Å². The molecule has 3 aliphatic heterocycles. The minimum absolute atomic E-state index is 0.00574. The topological polar surface area (TPSA) is 84.0 Å². The first-order chi connectivity index (χ1) is 17.0. The number of amides is 2. The molecule has 8 heteroatoms. The predicted octanol–water partition coefficient (Wildman–Crippen LogP) is 3.35. The average molecular weight is 479 g/mol. The van der Waals surface area contributed by atoms with Gasteiger partial charge < -0.3 is 24.6 Å². The lowest BCUT2D eigenvalue weighted by Gasteiger charge is -2.32. The smallest absolute Gasteiger partial charge is 0.253 e. The fourth-order valence-corrected chi connectivity index (χ4v) is 5.44. The molecule has 186 valence electrons. The van der Waals surface area contributed by atoms with Gasteiger partial charge in [0.2, 0.25) is 6.79 Å². The van der Waals surface area contributed by atoms with Crippen molar-refractivity contribution in [1.82, 2.24) is 20.1 Å². The number of aromatic nitrogens is 1. The third-order valence-corrected chi connectivity index (χ3v) is 7.53. The zero-order valence-corrected chi connectivity index (χ0v) is 20.6. The van der Waals surface area contributed by atoms with Gasteiger partial charge in [-0.2, -0.15) is 0 Å². The van der Waals surface area contributed by atoms with Gasteiger partial charge in [-0.05, 0) is 83.0 Å². The van der Waals surface area contributed by atoms with Crippen LogP contribution in [0, 0.1) is 6.92 Å². The van der Waals surface area contributed by atoms with Gasteiger partial charge in [-0.15, -0.1) is 0 Å². The highest BCUT2D eigenvalue weighted by Gasteiger charge is 2.29. The number of carbonyl (C=O) groups is 2. The largest absolute Gasteiger partial charge is 0.454 e. The molecule has 2 saturated heterocycles. The van der Waals surface area contributed by atoms with Gasteiger partial charge in [0, 0.05) is 42.9 Å². The van der Waals surface area contributed by atoms with Crippen molar-refractivity contribution in [2.75, 3.05) is 40.0 Å². The highest BCUT2D eigenvalue weighted by Crippen LogP contribution is 2.34. The summed E-state index contributed by atoms with van der Waals surface area (Å²) in [7, 11) is 2.16. The van der Waals surface area contributed by atoms with Gasteiger partial charge in [-0.25, -0.2) is 0 Å². The van der Waals surface area contributed by atoms with Crippen molar-refractivity contribution in [2.24, 2.45) is 0 Å². The predicted molar refractivity (Wildman–Crippen MR) is 132 cm³/mol. The number of hydrogen-bond donors (Lipinski definition) is 1. The fraction of sp³-hybridized carbons (Fsp3) is 0.519. The minimum Gasteiger partial charge on any atom is -0.454 e. The molecule has 1 N–H and O–H groups in total. The van der Waals surface area contributed by atoms with Crippen molar-refractivity contribution in [2.45, 2.75) is 51.0 Å². The molecular formula is C27H34N4O4. The van der Waals surface area contributed by atoms with E-state index in [1.807, 2.05) is 24.0 Å². The number of ether oxygens (including phenoxy) is 2. The van der Waals surface area contributed by atoms with Crippen molar-refractivity contribution in [3.63, 3.8) is 0 Å².